The van der Waals surface area contributed by atoms with E-state index in [2.05, 4.69) is 46.3 Å². The van der Waals surface area contributed by atoms with Gasteiger partial charge in [0, 0.05) is 21.4 Å². The second-order valence-electron chi connectivity index (χ2n) is 7.77. The van der Waals surface area contributed by atoms with Crippen molar-refractivity contribution < 1.29 is 9.53 Å². The zero-order valence-corrected chi connectivity index (χ0v) is 17.8. The van der Waals surface area contributed by atoms with E-state index in [4.69, 9.17) is 16.3 Å². The molecule has 4 aliphatic rings. The normalized spacial score (nSPS) is 20.8. The van der Waals surface area contributed by atoms with Crippen LogP contribution >= 0.6 is 27.5 Å². The molecule has 3 aliphatic carbocycles. The van der Waals surface area contributed by atoms with Crippen molar-refractivity contribution in [2.45, 2.75) is 24.1 Å². The number of benzene rings is 2. The lowest BCUT2D eigenvalue weighted by Crippen LogP contribution is -2.34. The Labute approximate surface area is 181 Å². The van der Waals surface area contributed by atoms with Crippen LogP contribution in [0.2, 0.25) is 0 Å². The van der Waals surface area contributed by atoms with Gasteiger partial charge in [0.05, 0.1) is 11.1 Å². The molecule has 0 saturated carbocycles. The molecule has 2 nitrogen and oxygen atoms in total. The summed E-state index contributed by atoms with van der Waals surface area (Å²) in [4.78, 5) is 12.8. The van der Waals surface area contributed by atoms with Crippen LogP contribution in [0.4, 0.5) is 0 Å². The van der Waals surface area contributed by atoms with Gasteiger partial charge in [-0.1, -0.05) is 57.9 Å². The number of carbonyl (C=O) groups excluding carboxylic acids is 1. The summed E-state index contributed by atoms with van der Waals surface area (Å²) in [5, 5.41) is 2.93. The molecule has 2 aromatic rings. The third-order valence-corrected chi connectivity index (χ3v) is 7.42. The third kappa shape index (κ3) is 2.50. The maximum absolute atomic E-state index is 13.0. The smallest absolute Gasteiger partial charge is 0.181 e. The van der Waals surface area contributed by atoms with Crippen LogP contribution in [-0.2, 0) is 6.42 Å². The van der Waals surface area contributed by atoms with Crippen molar-refractivity contribution in [2.24, 2.45) is 0 Å². The Balaban J connectivity index is 1.63. The van der Waals surface area contributed by atoms with Crippen molar-refractivity contribution in [2.75, 3.05) is 0 Å². The van der Waals surface area contributed by atoms with Gasteiger partial charge in [0.2, 0.25) is 0 Å². The Morgan fingerprint density at radius 1 is 1.07 bits per heavy atom. The zero-order valence-electron chi connectivity index (χ0n) is 15.5. The molecule has 0 aromatic heterocycles. The maximum atomic E-state index is 13.0. The van der Waals surface area contributed by atoms with Gasteiger partial charge in [0.15, 0.2) is 5.78 Å². The molecule has 0 radical (unpaired) electrons. The molecule has 1 atom stereocenters. The van der Waals surface area contributed by atoms with Crippen molar-refractivity contribution >= 4 is 51.2 Å². The van der Waals surface area contributed by atoms with Gasteiger partial charge in [0.1, 0.15) is 5.75 Å². The minimum absolute atomic E-state index is 0.113. The molecule has 29 heavy (non-hydrogen) atoms. The number of allylic oxidation sites excluding steroid dienone is 6. The first kappa shape index (κ1) is 17.5. The van der Waals surface area contributed by atoms with Crippen LogP contribution < -0.4 is 15.2 Å². The van der Waals surface area contributed by atoms with E-state index >= 15 is 0 Å². The first-order valence-corrected chi connectivity index (χ1v) is 11.0. The lowest BCUT2D eigenvalue weighted by atomic mass is 9.79. The summed E-state index contributed by atoms with van der Waals surface area (Å²) in [5.41, 5.74) is 7.47. The first-order valence-electron chi connectivity index (χ1n) is 9.74. The van der Waals surface area contributed by atoms with Crippen molar-refractivity contribution in [1.82, 2.24) is 0 Å². The summed E-state index contributed by atoms with van der Waals surface area (Å²) < 4.78 is 6.03. The van der Waals surface area contributed by atoms with Gasteiger partial charge in [-0.3, -0.25) is 4.79 Å². The molecule has 0 N–H and O–H groups in total. The van der Waals surface area contributed by atoms with Gasteiger partial charge in [-0.05, 0) is 70.5 Å². The van der Waals surface area contributed by atoms with E-state index in [0.717, 1.165) is 62.7 Å². The molecule has 0 spiro atoms. The molecule has 4 heteroatoms. The van der Waals surface area contributed by atoms with Crippen molar-refractivity contribution in [3.05, 3.63) is 80.2 Å². The fraction of sp³-hybridized carbons (Fsp3) is 0.160. The van der Waals surface area contributed by atoms with Gasteiger partial charge in [-0.15, -0.1) is 0 Å². The minimum atomic E-state index is -0.247. The van der Waals surface area contributed by atoms with Gasteiger partial charge in [0.25, 0.3) is 0 Å². The van der Waals surface area contributed by atoms with Gasteiger partial charge < -0.3 is 4.74 Å². The minimum Gasteiger partial charge on any atom is -0.464 e. The monoisotopic (exact) mass is 462 g/mol. The van der Waals surface area contributed by atoms with E-state index in [1.807, 2.05) is 18.2 Å². The van der Waals surface area contributed by atoms with Crippen molar-refractivity contribution in [3.63, 3.8) is 0 Å². The summed E-state index contributed by atoms with van der Waals surface area (Å²) in [5.74, 6) is 0.840. The number of Topliss-reactive ketones (excluding diaryl/α,β-unsaturated/α-hetero) is 1. The summed E-state index contributed by atoms with van der Waals surface area (Å²) in [7, 11) is 0. The van der Waals surface area contributed by atoms with Crippen LogP contribution in [0.5, 0.6) is 5.75 Å². The molecule has 0 amide bonds. The highest BCUT2D eigenvalue weighted by Crippen LogP contribution is 2.44. The summed E-state index contributed by atoms with van der Waals surface area (Å²) >= 11 is 9.91. The number of carbonyl (C=O) groups is 1. The number of ketones is 1. The SMILES string of the molecule is O=C1c2cc3c(cc2C2=C(CCC=C2)C1Br)-c1ccc2c(c1=CO3)=CC(Cl)=CC2. The highest BCUT2D eigenvalue weighted by atomic mass is 79.9. The van der Waals surface area contributed by atoms with Crippen molar-refractivity contribution in [3.8, 4) is 16.9 Å². The highest BCUT2D eigenvalue weighted by Gasteiger charge is 2.34. The van der Waals surface area contributed by atoms with Crippen LogP contribution in [0.3, 0.4) is 0 Å². The molecule has 2 aromatic carbocycles. The number of alkyl halides is 1. The second kappa shape index (κ2) is 6.32. The van der Waals surface area contributed by atoms with E-state index in [1.54, 1.807) is 6.26 Å². The quantitative estimate of drug-likeness (QED) is 0.514. The number of hydrogen-bond acceptors (Lipinski definition) is 2. The zero-order chi connectivity index (χ0) is 19.7. The molecule has 6 rings (SSSR count). The topological polar surface area (TPSA) is 26.3 Å². The number of rotatable bonds is 0. The molecular formula is C25H16BrClO2. The Morgan fingerprint density at radius 2 is 1.97 bits per heavy atom. The van der Waals surface area contributed by atoms with E-state index in [0.29, 0.717) is 0 Å². The van der Waals surface area contributed by atoms with E-state index < -0.39 is 0 Å². The number of fused-ring (bicyclic) bond motifs is 7. The van der Waals surface area contributed by atoms with E-state index in [-0.39, 0.29) is 10.6 Å². The van der Waals surface area contributed by atoms with Gasteiger partial charge in [-0.2, -0.15) is 0 Å². The van der Waals surface area contributed by atoms with E-state index in [9.17, 15) is 4.79 Å². The second-order valence-corrected chi connectivity index (χ2v) is 9.13. The molecule has 0 saturated heterocycles. The lowest BCUT2D eigenvalue weighted by molar-refractivity contribution is 0.0997. The molecular weight excluding hydrogens is 448 g/mol. The predicted octanol–water partition coefficient (Wildman–Crippen LogP) is 5.01. The average Bonchev–Trinajstić information content (AvgIpc) is 2.76. The standard InChI is InChI=1S/C25H16BrClO2/c26-24-17-4-2-1-3-15(17)19-10-20-16-8-6-13-5-7-14(27)9-18(13)22(16)12-29-23(20)11-21(19)25(24)28/h1,3,6-12,24H,2,4-5H2. The highest BCUT2D eigenvalue weighted by molar-refractivity contribution is 9.10. The van der Waals surface area contributed by atoms with E-state index in [1.165, 1.54) is 16.7 Å². The number of hydrogen-bond donors (Lipinski definition) is 0. The molecule has 1 heterocycles. The Hall–Kier alpha value is -2.36. The Kier molecular flexibility index (Phi) is 3.81. The fourth-order valence-corrected chi connectivity index (χ4v) is 5.64. The van der Waals surface area contributed by atoms with Crippen molar-refractivity contribution in [1.29, 1.82) is 0 Å². The lowest BCUT2D eigenvalue weighted by Gasteiger charge is -2.29. The van der Waals surface area contributed by atoms with Gasteiger partial charge >= 0.3 is 0 Å². The molecule has 0 bridgehead atoms. The van der Waals surface area contributed by atoms with Crippen LogP contribution in [0.1, 0.15) is 34.3 Å². The molecule has 0 fully saturated rings. The van der Waals surface area contributed by atoms with Crippen LogP contribution in [-0.4, -0.2) is 10.6 Å². The summed E-state index contributed by atoms with van der Waals surface area (Å²) in [6.45, 7) is 0. The van der Waals surface area contributed by atoms with Crippen LogP contribution in [0.25, 0.3) is 29.0 Å². The predicted molar refractivity (Wildman–Crippen MR) is 121 cm³/mol. The largest absolute Gasteiger partial charge is 0.464 e. The molecule has 142 valence electrons. The maximum Gasteiger partial charge on any atom is 0.181 e. The van der Waals surface area contributed by atoms with Crippen LogP contribution in [0, 0.1) is 0 Å². The average molecular weight is 464 g/mol. The summed E-state index contributed by atoms with van der Waals surface area (Å²) in [6, 6.07) is 8.36. The van der Waals surface area contributed by atoms with Gasteiger partial charge in [-0.25, -0.2) is 0 Å². The number of halogens is 2. The fourth-order valence-electron chi connectivity index (χ4n) is 4.74. The molecule has 1 unspecified atom stereocenters. The Bertz CT molecular complexity index is 1340. The first-order chi connectivity index (χ1) is 14.1. The number of ether oxygens (including phenoxy) is 1. The Morgan fingerprint density at radius 3 is 2.86 bits per heavy atom. The molecule has 1 aliphatic heterocycles. The summed E-state index contributed by atoms with van der Waals surface area (Å²) in [6.07, 6.45) is 12.9. The van der Waals surface area contributed by atoms with Crippen LogP contribution in [0.15, 0.2) is 53.1 Å². The third-order valence-electron chi connectivity index (χ3n) is 6.19.